The van der Waals surface area contributed by atoms with Crippen LogP contribution in [-0.2, 0) is 4.79 Å². The maximum atomic E-state index is 13.2. The quantitative estimate of drug-likeness (QED) is 0.795. The van der Waals surface area contributed by atoms with Crippen LogP contribution in [0.15, 0.2) is 48.5 Å². The summed E-state index contributed by atoms with van der Waals surface area (Å²) >= 11 is 0. The van der Waals surface area contributed by atoms with Crippen molar-refractivity contribution in [2.24, 2.45) is 0 Å². The highest BCUT2D eigenvalue weighted by atomic mass is 19.1. The van der Waals surface area contributed by atoms with Crippen molar-refractivity contribution < 1.29 is 9.18 Å². The lowest BCUT2D eigenvalue weighted by Gasteiger charge is -2.36. The topological polar surface area (TPSA) is 23.6 Å². The van der Waals surface area contributed by atoms with Crippen LogP contribution < -0.4 is 4.90 Å². The third-order valence-electron chi connectivity index (χ3n) is 4.78. The summed E-state index contributed by atoms with van der Waals surface area (Å²) in [6.07, 6.45) is 3.20. The lowest BCUT2D eigenvalue weighted by atomic mass is 10.1. The summed E-state index contributed by atoms with van der Waals surface area (Å²) in [5.41, 5.74) is 4.53. The molecule has 130 valence electrons. The summed E-state index contributed by atoms with van der Waals surface area (Å²) in [5, 5.41) is 0. The second kappa shape index (κ2) is 7.51. The number of hydrogen-bond donors (Lipinski definition) is 0. The van der Waals surface area contributed by atoms with Crippen LogP contribution in [0.1, 0.15) is 16.7 Å². The van der Waals surface area contributed by atoms with Crippen molar-refractivity contribution in [1.82, 2.24) is 4.90 Å². The number of nitrogens with zero attached hydrogens (tertiary/aromatic N) is 2. The van der Waals surface area contributed by atoms with Gasteiger partial charge in [-0.15, -0.1) is 0 Å². The number of aryl methyl sites for hydroxylation is 1. The molecule has 1 aliphatic heterocycles. The molecule has 0 bridgehead atoms. The van der Waals surface area contributed by atoms with Gasteiger partial charge in [0.25, 0.3) is 0 Å². The minimum Gasteiger partial charge on any atom is -0.368 e. The lowest BCUT2D eigenvalue weighted by Crippen LogP contribution is -2.48. The van der Waals surface area contributed by atoms with Crippen LogP contribution in [0.3, 0.4) is 0 Å². The van der Waals surface area contributed by atoms with Gasteiger partial charge in [0.05, 0.1) is 0 Å². The number of amides is 1. The van der Waals surface area contributed by atoms with Crippen LogP contribution in [0.5, 0.6) is 0 Å². The molecule has 0 atom stereocenters. The van der Waals surface area contributed by atoms with E-state index in [1.165, 1.54) is 35.0 Å². The molecule has 25 heavy (non-hydrogen) atoms. The van der Waals surface area contributed by atoms with Gasteiger partial charge in [-0.2, -0.15) is 0 Å². The molecule has 0 aromatic heterocycles. The normalized spacial score (nSPS) is 15.0. The molecule has 2 aromatic carbocycles. The molecular formula is C21H23FN2O. The van der Waals surface area contributed by atoms with Crippen molar-refractivity contribution in [3.8, 4) is 0 Å². The van der Waals surface area contributed by atoms with E-state index in [9.17, 15) is 9.18 Å². The Morgan fingerprint density at radius 2 is 1.76 bits per heavy atom. The van der Waals surface area contributed by atoms with Gasteiger partial charge < -0.3 is 9.80 Å². The van der Waals surface area contributed by atoms with Crippen LogP contribution in [0.25, 0.3) is 6.08 Å². The smallest absolute Gasteiger partial charge is 0.246 e. The zero-order chi connectivity index (χ0) is 17.8. The minimum absolute atomic E-state index is 0.0233. The van der Waals surface area contributed by atoms with E-state index in [4.69, 9.17) is 0 Å². The zero-order valence-corrected chi connectivity index (χ0v) is 14.7. The summed E-state index contributed by atoms with van der Waals surface area (Å²) in [5.74, 6) is -0.318. The predicted molar refractivity (Wildman–Crippen MR) is 100 cm³/mol. The number of carbonyl (C=O) groups is 1. The monoisotopic (exact) mass is 338 g/mol. The summed E-state index contributed by atoms with van der Waals surface area (Å²) in [4.78, 5) is 16.5. The Hall–Kier alpha value is -2.62. The fourth-order valence-corrected chi connectivity index (χ4v) is 3.13. The first-order valence-corrected chi connectivity index (χ1v) is 8.58. The van der Waals surface area contributed by atoms with E-state index < -0.39 is 0 Å². The average molecular weight is 338 g/mol. The number of rotatable bonds is 3. The molecule has 1 heterocycles. The summed E-state index contributed by atoms with van der Waals surface area (Å²) in [6, 6.07) is 12.6. The van der Waals surface area contributed by atoms with Gasteiger partial charge in [-0.1, -0.05) is 24.3 Å². The standard InChI is InChI=1S/C21H23FN2O/c1-16-5-3-8-20(17(16)2)23-11-13-24(14-12-23)21(25)10-9-18-6-4-7-19(22)15-18/h3-10,15H,11-14H2,1-2H3/b10-9+. The SMILES string of the molecule is Cc1cccc(N2CCN(C(=O)/C=C/c3cccc(F)c3)CC2)c1C. The highest BCUT2D eigenvalue weighted by Gasteiger charge is 2.20. The van der Waals surface area contributed by atoms with Gasteiger partial charge in [-0.3, -0.25) is 4.79 Å². The molecule has 2 aromatic rings. The van der Waals surface area contributed by atoms with Crippen molar-refractivity contribution in [3.63, 3.8) is 0 Å². The van der Waals surface area contributed by atoms with E-state index in [1.807, 2.05) is 4.90 Å². The molecule has 0 spiro atoms. The Bertz CT molecular complexity index is 792. The van der Waals surface area contributed by atoms with Gasteiger partial charge >= 0.3 is 0 Å². The van der Waals surface area contributed by atoms with Crippen molar-refractivity contribution in [2.75, 3.05) is 31.1 Å². The Labute approximate surface area is 148 Å². The van der Waals surface area contributed by atoms with E-state index >= 15 is 0 Å². The van der Waals surface area contributed by atoms with Gasteiger partial charge in [0.2, 0.25) is 5.91 Å². The van der Waals surface area contributed by atoms with Gasteiger partial charge in [-0.05, 0) is 54.8 Å². The molecule has 1 saturated heterocycles. The van der Waals surface area contributed by atoms with Gasteiger partial charge in [-0.25, -0.2) is 4.39 Å². The molecule has 1 fully saturated rings. The third kappa shape index (κ3) is 4.08. The van der Waals surface area contributed by atoms with Crippen molar-refractivity contribution >= 4 is 17.7 Å². The molecule has 1 amide bonds. The molecule has 3 rings (SSSR count). The first-order valence-electron chi connectivity index (χ1n) is 8.58. The lowest BCUT2D eigenvalue weighted by molar-refractivity contribution is -0.126. The van der Waals surface area contributed by atoms with Crippen molar-refractivity contribution in [1.29, 1.82) is 0 Å². The molecular weight excluding hydrogens is 315 g/mol. The third-order valence-corrected chi connectivity index (χ3v) is 4.78. The fourth-order valence-electron chi connectivity index (χ4n) is 3.13. The van der Waals surface area contributed by atoms with Gasteiger partial charge in [0.1, 0.15) is 5.82 Å². The maximum absolute atomic E-state index is 13.2. The predicted octanol–water partition coefficient (Wildman–Crippen LogP) is 3.80. The molecule has 0 unspecified atom stereocenters. The number of anilines is 1. The van der Waals surface area contributed by atoms with Crippen LogP contribution >= 0.6 is 0 Å². The Morgan fingerprint density at radius 3 is 2.48 bits per heavy atom. The fraction of sp³-hybridized carbons (Fsp3) is 0.286. The highest BCUT2D eigenvalue weighted by molar-refractivity contribution is 5.92. The Morgan fingerprint density at radius 1 is 1.04 bits per heavy atom. The molecule has 3 nitrogen and oxygen atoms in total. The van der Waals surface area contributed by atoms with Crippen LogP contribution in [0.4, 0.5) is 10.1 Å². The summed E-state index contributed by atoms with van der Waals surface area (Å²) in [6.45, 7) is 7.30. The summed E-state index contributed by atoms with van der Waals surface area (Å²) in [7, 11) is 0. The maximum Gasteiger partial charge on any atom is 0.246 e. The molecule has 0 aliphatic carbocycles. The van der Waals surface area contributed by atoms with Gasteiger partial charge in [0.15, 0.2) is 0 Å². The Kier molecular flexibility index (Phi) is 5.17. The van der Waals surface area contributed by atoms with E-state index in [1.54, 1.807) is 18.2 Å². The highest BCUT2D eigenvalue weighted by Crippen LogP contribution is 2.23. The van der Waals surface area contributed by atoms with Crippen molar-refractivity contribution in [2.45, 2.75) is 13.8 Å². The first kappa shape index (κ1) is 17.2. The number of carbonyl (C=O) groups excluding carboxylic acids is 1. The minimum atomic E-state index is -0.295. The van der Waals surface area contributed by atoms with E-state index in [0.717, 1.165) is 13.1 Å². The molecule has 4 heteroatoms. The zero-order valence-electron chi connectivity index (χ0n) is 14.7. The molecule has 1 aliphatic rings. The Balaban J connectivity index is 1.60. The molecule has 0 radical (unpaired) electrons. The van der Waals surface area contributed by atoms with E-state index in [-0.39, 0.29) is 11.7 Å². The second-order valence-electron chi connectivity index (χ2n) is 6.42. The van der Waals surface area contributed by atoms with E-state index in [2.05, 4.69) is 36.9 Å². The van der Waals surface area contributed by atoms with Crippen LogP contribution in [0, 0.1) is 19.7 Å². The number of benzene rings is 2. The summed E-state index contributed by atoms with van der Waals surface area (Å²) < 4.78 is 13.2. The number of hydrogen-bond acceptors (Lipinski definition) is 2. The average Bonchev–Trinajstić information content (AvgIpc) is 2.62. The van der Waals surface area contributed by atoms with Crippen molar-refractivity contribution in [3.05, 3.63) is 71.0 Å². The number of halogens is 1. The first-order chi connectivity index (χ1) is 12.0. The van der Waals surface area contributed by atoms with Crippen LogP contribution in [0.2, 0.25) is 0 Å². The molecule has 0 saturated carbocycles. The van der Waals surface area contributed by atoms with E-state index in [0.29, 0.717) is 18.7 Å². The second-order valence-corrected chi connectivity index (χ2v) is 6.42. The molecule has 0 N–H and O–H groups in total. The van der Waals surface area contributed by atoms with Gasteiger partial charge in [0, 0.05) is 37.9 Å². The number of piperazine rings is 1. The van der Waals surface area contributed by atoms with Crippen LogP contribution in [-0.4, -0.2) is 37.0 Å². The largest absolute Gasteiger partial charge is 0.368 e.